The molecular weight excluding hydrogens is 194 g/mol. The van der Waals surface area contributed by atoms with Gasteiger partial charge in [0.2, 0.25) is 0 Å². The third kappa shape index (κ3) is 1.93. The Morgan fingerprint density at radius 2 is 2.07 bits per heavy atom. The predicted octanol–water partition coefficient (Wildman–Crippen LogP) is 1.83. The van der Waals surface area contributed by atoms with Gasteiger partial charge in [0, 0.05) is 23.9 Å². The van der Waals surface area contributed by atoms with Gasteiger partial charge in [-0.2, -0.15) is 12.6 Å². The van der Waals surface area contributed by atoms with Crippen molar-refractivity contribution in [3.63, 3.8) is 0 Å². The summed E-state index contributed by atoms with van der Waals surface area (Å²) in [4.78, 5) is 13.8. The minimum atomic E-state index is 0.127. The Kier molecular flexibility index (Phi) is 2.77. The molecule has 0 aromatic heterocycles. The first-order chi connectivity index (χ1) is 6.77. The largest absolute Gasteiger partial charge is 0.338 e. The van der Waals surface area contributed by atoms with Crippen LogP contribution in [0.25, 0.3) is 0 Å². The molecule has 0 spiro atoms. The average molecular weight is 207 g/mol. The van der Waals surface area contributed by atoms with E-state index in [0.29, 0.717) is 5.25 Å². The maximum Gasteiger partial charge on any atom is 0.253 e. The average Bonchev–Trinajstić information content (AvgIpc) is 2.65. The van der Waals surface area contributed by atoms with Gasteiger partial charge in [0.15, 0.2) is 0 Å². The van der Waals surface area contributed by atoms with Crippen LogP contribution in [0.4, 0.5) is 0 Å². The van der Waals surface area contributed by atoms with Crippen molar-refractivity contribution in [1.29, 1.82) is 0 Å². The molecule has 3 heteroatoms. The summed E-state index contributed by atoms with van der Waals surface area (Å²) in [5.74, 6) is 0.127. The number of likely N-dealkylation sites (tertiary alicyclic amines) is 1. The topological polar surface area (TPSA) is 20.3 Å². The molecule has 0 aliphatic carbocycles. The summed E-state index contributed by atoms with van der Waals surface area (Å²) in [7, 11) is 0. The molecule has 0 saturated carbocycles. The minimum absolute atomic E-state index is 0.127. The normalized spacial score (nSPS) is 21.2. The molecular formula is C11H13NOS. The van der Waals surface area contributed by atoms with Crippen LogP contribution >= 0.6 is 12.6 Å². The summed E-state index contributed by atoms with van der Waals surface area (Å²) >= 11 is 4.36. The van der Waals surface area contributed by atoms with Crippen molar-refractivity contribution < 1.29 is 4.79 Å². The molecule has 1 atom stereocenters. The second-order valence-corrected chi connectivity index (χ2v) is 4.29. The molecule has 0 N–H and O–H groups in total. The van der Waals surface area contributed by atoms with E-state index < -0.39 is 0 Å². The van der Waals surface area contributed by atoms with Crippen molar-refractivity contribution in [1.82, 2.24) is 4.90 Å². The smallest absolute Gasteiger partial charge is 0.253 e. The zero-order chi connectivity index (χ0) is 9.97. The molecule has 74 valence electrons. The van der Waals surface area contributed by atoms with Crippen LogP contribution in [0.15, 0.2) is 30.3 Å². The molecule has 1 aromatic carbocycles. The van der Waals surface area contributed by atoms with Crippen LogP contribution in [-0.2, 0) is 0 Å². The van der Waals surface area contributed by atoms with Crippen molar-refractivity contribution in [2.75, 3.05) is 13.1 Å². The molecule has 1 heterocycles. The van der Waals surface area contributed by atoms with Gasteiger partial charge in [0.25, 0.3) is 5.91 Å². The quantitative estimate of drug-likeness (QED) is 0.697. The number of hydrogen-bond acceptors (Lipinski definition) is 2. The molecule has 1 aliphatic heterocycles. The summed E-state index contributed by atoms with van der Waals surface area (Å²) in [6, 6.07) is 9.41. The Morgan fingerprint density at radius 3 is 2.64 bits per heavy atom. The van der Waals surface area contributed by atoms with Crippen molar-refractivity contribution in [3.05, 3.63) is 35.9 Å². The Balaban J connectivity index is 2.10. The molecule has 1 fully saturated rings. The number of benzene rings is 1. The van der Waals surface area contributed by atoms with Crippen LogP contribution in [0.5, 0.6) is 0 Å². The van der Waals surface area contributed by atoms with E-state index in [0.717, 1.165) is 25.1 Å². The van der Waals surface area contributed by atoms with Gasteiger partial charge in [-0.05, 0) is 18.6 Å². The molecule has 0 unspecified atom stereocenters. The lowest BCUT2D eigenvalue weighted by atomic mass is 10.2. The monoisotopic (exact) mass is 207 g/mol. The molecule has 1 aromatic rings. The first-order valence-electron chi connectivity index (χ1n) is 4.80. The standard InChI is InChI=1S/C11H13NOS/c13-11(9-4-2-1-3-5-9)12-7-6-10(14)8-12/h1-5,10,14H,6-8H2/t10-/m1/s1. The molecule has 2 nitrogen and oxygen atoms in total. The van der Waals surface area contributed by atoms with Crippen LogP contribution in [0.1, 0.15) is 16.8 Å². The van der Waals surface area contributed by atoms with Gasteiger partial charge in [-0.1, -0.05) is 18.2 Å². The maximum absolute atomic E-state index is 11.9. The van der Waals surface area contributed by atoms with Crippen LogP contribution in [0, 0.1) is 0 Å². The van der Waals surface area contributed by atoms with Gasteiger partial charge in [-0.25, -0.2) is 0 Å². The van der Waals surface area contributed by atoms with Gasteiger partial charge in [0.05, 0.1) is 0 Å². The molecule has 0 bridgehead atoms. The zero-order valence-corrected chi connectivity index (χ0v) is 8.78. The van der Waals surface area contributed by atoms with Gasteiger partial charge in [0.1, 0.15) is 0 Å². The van der Waals surface area contributed by atoms with Crippen molar-refractivity contribution in [2.24, 2.45) is 0 Å². The second kappa shape index (κ2) is 4.05. The van der Waals surface area contributed by atoms with Gasteiger partial charge >= 0.3 is 0 Å². The number of carbonyl (C=O) groups excluding carboxylic acids is 1. The van der Waals surface area contributed by atoms with Crippen LogP contribution in [-0.4, -0.2) is 29.1 Å². The van der Waals surface area contributed by atoms with E-state index in [2.05, 4.69) is 12.6 Å². The predicted molar refractivity (Wildman–Crippen MR) is 59.7 cm³/mol. The zero-order valence-electron chi connectivity index (χ0n) is 7.89. The maximum atomic E-state index is 11.9. The highest BCUT2D eigenvalue weighted by Crippen LogP contribution is 2.16. The lowest BCUT2D eigenvalue weighted by Crippen LogP contribution is -2.28. The second-order valence-electron chi connectivity index (χ2n) is 3.56. The fourth-order valence-electron chi connectivity index (χ4n) is 1.69. The van der Waals surface area contributed by atoms with Crippen molar-refractivity contribution >= 4 is 18.5 Å². The molecule has 14 heavy (non-hydrogen) atoms. The SMILES string of the molecule is O=C(c1ccccc1)N1CC[C@@H](S)C1. The third-order valence-electron chi connectivity index (χ3n) is 2.47. The Bertz CT molecular complexity index is 325. The van der Waals surface area contributed by atoms with E-state index in [1.807, 2.05) is 35.2 Å². The summed E-state index contributed by atoms with van der Waals surface area (Å²) in [5, 5.41) is 0.350. The Labute approximate surface area is 89.3 Å². The van der Waals surface area contributed by atoms with E-state index in [1.165, 1.54) is 0 Å². The molecule has 0 radical (unpaired) electrons. The minimum Gasteiger partial charge on any atom is -0.338 e. The van der Waals surface area contributed by atoms with E-state index in [-0.39, 0.29) is 5.91 Å². The number of carbonyl (C=O) groups is 1. The molecule has 2 rings (SSSR count). The van der Waals surface area contributed by atoms with Gasteiger partial charge < -0.3 is 4.90 Å². The number of amides is 1. The highest BCUT2D eigenvalue weighted by atomic mass is 32.1. The lowest BCUT2D eigenvalue weighted by Gasteiger charge is -2.15. The fourth-order valence-corrected chi connectivity index (χ4v) is 2.00. The summed E-state index contributed by atoms with van der Waals surface area (Å²) < 4.78 is 0. The highest BCUT2D eigenvalue weighted by Gasteiger charge is 2.24. The van der Waals surface area contributed by atoms with Gasteiger partial charge in [-0.15, -0.1) is 0 Å². The fraction of sp³-hybridized carbons (Fsp3) is 0.364. The van der Waals surface area contributed by atoms with Crippen LogP contribution in [0.3, 0.4) is 0 Å². The molecule has 1 aliphatic rings. The first-order valence-corrected chi connectivity index (χ1v) is 5.31. The molecule has 1 amide bonds. The van der Waals surface area contributed by atoms with Crippen molar-refractivity contribution in [2.45, 2.75) is 11.7 Å². The number of hydrogen-bond donors (Lipinski definition) is 1. The lowest BCUT2D eigenvalue weighted by molar-refractivity contribution is 0.0793. The van der Waals surface area contributed by atoms with Gasteiger partial charge in [-0.3, -0.25) is 4.79 Å². The van der Waals surface area contributed by atoms with E-state index in [9.17, 15) is 4.79 Å². The van der Waals surface area contributed by atoms with Crippen LogP contribution < -0.4 is 0 Å². The van der Waals surface area contributed by atoms with E-state index >= 15 is 0 Å². The Morgan fingerprint density at radius 1 is 1.36 bits per heavy atom. The van der Waals surface area contributed by atoms with Crippen LogP contribution in [0.2, 0.25) is 0 Å². The number of nitrogens with zero attached hydrogens (tertiary/aromatic N) is 1. The van der Waals surface area contributed by atoms with E-state index in [1.54, 1.807) is 0 Å². The molecule has 1 saturated heterocycles. The van der Waals surface area contributed by atoms with E-state index in [4.69, 9.17) is 0 Å². The summed E-state index contributed by atoms with van der Waals surface area (Å²) in [6.45, 7) is 1.61. The summed E-state index contributed by atoms with van der Waals surface area (Å²) in [5.41, 5.74) is 0.773. The third-order valence-corrected chi connectivity index (χ3v) is 2.89. The summed E-state index contributed by atoms with van der Waals surface area (Å²) in [6.07, 6.45) is 1.00. The Hall–Kier alpha value is -0.960. The highest BCUT2D eigenvalue weighted by molar-refractivity contribution is 7.81. The number of thiol groups is 1. The first kappa shape index (κ1) is 9.59. The number of rotatable bonds is 1. The van der Waals surface area contributed by atoms with Crippen molar-refractivity contribution in [3.8, 4) is 0 Å².